The van der Waals surface area contributed by atoms with Gasteiger partial charge in [0.25, 0.3) is 0 Å². The SMILES string of the molecule is COc1cc(C)ccc1NC(=O)N(Cc1ccco1)CC1CCCO1. The molecule has 134 valence electrons. The summed E-state index contributed by atoms with van der Waals surface area (Å²) in [7, 11) is 1.59. The first-order valence-corrected chi connectivity index (χ1v) is 8.50. The molecule has 1 aliphatic rings. The molecule has 0 bridgehead atoms. The van der Waals surface area contributed by atoms with E-state index in [0.29, 0.717) is 24.5 Å². The standard InChI is InChI=1S/C19H24N2O4/c1-14-7-8-17(18(11-14)23-2)20-19(22)21(12-15-5-3-9-24-15)13-16-6-4-10-25-16/h3,5,7-9,11,16H,4,6,10,12-13H2,1-2H3,(H,20,22). The minimum atomic E-state index is -0.200. The van der Waals surface area contributed by atoms with Crippen molar-refractivity contribution in [3.63, 3.8) is 0 Å². The van der Waals surface area contributed by atoms with E-state index in [-0.39, 0.29) is 12.1 Å². The topological polar surface area (TPSA) is 63.9 Å². The molecule has 1 fully saturated rings. The summed E-state index contributed by atoms with van der Waals surface area (Å²) in [5, 5.41) is 2.94. The van der Waals surface area contributed by atoms with E-state index in [4.69, 9.17) is 13.9 Å². The number of ether oxygens (including phenoxy) is 2. The van der Waals surface area contributed by atoms with Crippen LogP contribution in [0.4, 0.5) is 10.5 Å². The van der Waals surface area contributed by atoms with Gasteiger partial charge in [-0.25, -0.2) is 4.79 Å². The predicted molar refractivity (Wildman–Crippen MR) is 94.8 cm³/mol. The first-order chi connectivity index (χ1) is 12.2. The smallest absolute Gasteiger partial charge is 0.322 e. The van der Waals surface area contributed by atoms with Crippen molar-refractivity contribution in [1.29, 1.82) is 0 Å². The number of carbonyl (C=O) groups is 1. The molecule has 1 N–H and O–H groups in total. The molecule has 1 atom stereocenters. The van der Waals surface area contributed by atoms with Gasteiger partial charge in [-0.3, -0.25) is 0 Å². The number of benzene rings is 1. The molecule has 1 aromatic carbocycles. The number of nitrogens with zero attached hydrogens (tertiary/aromatic N) is 1. The molecule has 2 amide bonds. The fraction of sp³-hybridized carbons (Fsp3) is 0.421. The lowest BCUT2D eigenvalue weighted by molar-refractivity contribution is 0.0803. The number of furan rings is 1. The molecular formula is C19H24N2O4. The van der Waals surface area contributed by atoms with Gasteiger partial charge in [-0.05, 0) is 49.6 Å². The Labute approximate surface area is 147 Å². The van der Waals surface area contributed by atoms with Crippen LogP contribution in [0.15, 0.2) is 41.0 Å². The molecular weight excluding hydrogens is 320 g/mol. The molecule has 2 heterocycles. The molecule has 0 aliphatic carbocycles. The van der Waals surface area contributed by atoms with Crippen molar-refractivity contribution in [1.82, 2.24) is 4.90 Å². The van der Waals surface area contributed by atoms with Crippen LogP contribution in [0, 0.1) is 6.92 Å². The molecule has 1 saturated heterocycles. The number of nitrogens with one attached hydrogen (secondary N) is 1. The highest BCUT2D eigenvalue weighted by atomic mass is 16.5. The van der Waals surface area contributed by atoms with Gasteiger partial charge in [-0.15, -0.1) is 0 Å². The van der Waals surface area contributed by atoms with Crippen LogP contribution in [0.5, 0.6) is 5.75 Å². The van der Waals surface area contributed by atoms with Crippen LogP contribution < -0.4 is 10.1 Å². The van der Waals surface area contributed by atoms with E-state index in [9.17, 15) is 4.79 Å². The first-order valence-electron chi connectivity index (χ1n) is 8.50. The van der Waals surface area contributed by atoms with Crippen molar-refractivity contribution >= 4 is 11.7 Å². The second-order valence-corrected chi connectivity index (χ2v) is 6.23. The Morgan fingerprint density at radius 1 is 1.40 bits per heavy atom. The average molecular weight is 344 g/mol. The van der Waals surface area contributed by atoms with Crippen molar-refractivity contribution in [3.8, 4) is 5.75 Å². The summed E-state index contributed by atoms with van der Waals surface area (Å²) in [6, 6.07) is 9.17. The van der Waals surface area contributed by atoms with Gasteiger partial charge in [0.2, 0.25) is 0 Å². The number of hydrogen-bond donors (Lipinski definition) is 1. The Morgan fingerprint density at radius 2 is 2.28 bits per heavy atom. The zero-order chi connectivity index (χ0) is 17.6. The van der Waals surface area contributed by atoms with E-state index in [0.717, 1.165) is 30.8 Å². The van der Waals surface area contributed by atoms with Crippen LogP contribution in [-0.4, -0.2) is 37.3 Å². The Morgan fingerprint density at radius 3 is 2.96 bits per heavy atom. The second-order valence-electron chi connectivity index (χ2n) is 6.23. The van der Waals surface area contributed by atoms with E-state index < -0.39 is 0 Å². The highest BCUT2D eigenvalue weighted by Crippen LogP contribution is 2.26. The van der Waals surface area contributed by atoms with Crippen molar-refractivity contribution in [2.45, 2.75) is 32.4 Å². The molecule has 1 aliphatic heterocycles. The fourth-order valence-corrected chi connectivity index (χ4v) is 2.94. The molecule has 3 rings (SSSR count). The lowest BCUT2D eigenvalue weighted by Gasteiger charge is -2.25. The highest BCUT2D eigenvalue weighted by molar-refractivity contribution is 5.91. The number of urea groups is 1. The van der Waals surface area contributed by atoms with Crippen LogP contribution in [0.1, 0.15) is 24.2 Å². The molecule has 1 aromatic heterocycles. The molecule has 6 nitrogen and oxygen atoms in total. The largest absolute Gasteiger partial charge is 0.495 e. The lowest BCUT2D eigenvalue weighted by atomic mass is 10.2. The van der Waals surface area contributed by atoms with Gasteiger partial charge in [0, 0.05) is 13.2 Å². The maximum absolute atomic E-state index is 12.8. The first kappa shape index (κ1) is 17.4. The number of hydrogen-bond acceptors (Lipinski definition) is 4. The third-order valence-electron chi connectivity index (χ3n) is 4.26. The zero-order valence-corrected chi connectivity index (χ0v) is 14.7. The van der Waals surface area contributed by atoms with Crippen LogP contribution in [-0.2, 0) is 11.3 Å². The number of methoxy groups -OCH3 is 1. The van der Waals surface area contributed by atoms with Gasteiger partial charge in [0.15, 0.2) is 0 Å². The zero-order valence-electron chi connectivity index (χ0n) is 14.7. The normalized spacial score (nSPS) is 16.6. The molecule has 0 saturated carbocycles. The molecule has 1 unspecified atom stereocenters. The van der Waals surface area contributed by atoms with Crippen LogP contribution in [0.3, 0.4) is 0 Å². The van der Waals surface area contributed by atoms with E-state index in [2.05, 4.69) is 5.32 Å². The third-order valence-corrected chi connectivity index (χ3v) is 4.26. The van der Waals surface area contributed by atoms with E-state index in [1.807, 2.05) is 37.3 Å². The maximum atomic E-state index is 12.8. The van der Waals surface area contributed by atoms with Crippen molar-refractivity contribution in [2.75, 3.05) is 25.6 Å². The van der Waals surface area contributed by atoms with E-state index in [1.165, 1.54) is 0 Å². The summed E-state index contributed by atoms with van der Waals surface area (Å²) >= 11 is 0. The van der Waals surface area contributed by atoms with E-state index in [1.54, 1.807) is 18.3 Å². The van der Waals surface area contributed by atoms with Crippen LogP contribution in [0.2, 0.25) is 0 Å². The van der Waals surface area contributed by atoms with Gasteiger partial charge < -0.3 is 24.1 Å². The molecule has 2 aromatic rings. The number of anilines is 1. The summed E-state index contributed by atoms with van der Waals surface area (Å²) in [6.07, 6.45) is 3.68. The predicted octanol–water partition coefficient (Wildman–Crippen LogP) is 3.81. The Bertz CT molecular complexity index is 693. The number of rotatable bonds is 6. The summed E-state index contributed by atoms with van der Waals surface area (Å²) in [5.74, 6) is 1.38. The number of carbonyl (C=O) groups excluding carboxylic acids is 1. The third kappa shape index (κ3) is 4.54. The maximum Gasteiger partial charge on any atom is 0.322 e. The Hall–Kier alpha value is -2.47. The van der Waals surface area contributed by atoms with E-state index >= 15 is 0 Å². The summed E-state index contributed by atoms with van der Waals surface area (Å²) in [4.78, 5) is 14.6. The Kier molecular flexibility index (Phi) is 5.60. The van der Waals surface area contributed by atoms with Crippen molar-refractivity contribution in [2.24, 2.45) is 0 Å². The summed E-state index contributed by atoms with van der Waals surface area (Å²) < 4.78 is 16.5. The summed E-state index contributed by atoms with van der Waals surface area (Å²) in [6.45, 7) is 3.66. The average Bonchev–Trinajstić information content (AvgIpc) is 3.29. The van der Waals surface area contributed by atoms with Crippen molar-refractivity contribution in [3.05, 3.63) is 47.9 Å². The van der Waals surface area contributed by atoms with Crippen LogP contribution in [0.25, 0.3) is 0 Å². The lowest BCUT2D eigenvalue weighted by Crippen LogP contribution is -2.39. The van der Waals surface area contributed by atoms with Gasteiger partial charge in [-0.2, -0.15) is 0 Å². The minimum Gasteiger partial charge on any atom is -0.495 e. The number of amides is 2. The monoisotopic (exact) mass is 344 g/mol. The molecule has 0 spiro atoms. The Balaban J connectivity index is 1.73. The van der Waals surface area contributed by atoms with Crippen LogP contribution >= 0.6 is 0 Å². The molecule has 6 heteroatoms. The summed E-state index contributed by atoms with van der Waals surface area (Å²) in [5.41, 5.74) is 1.72. The quantitative estimate of drug-likeness (QED) is 0.865. The van der Waals surface area contributed by atoms with Crippen molar-refractivity contribution < 1.29 is 18.7 Å². The van der Waals surface area contributed by atoms with Gasteiger partial charge in [-0.1, -0.05) is 6.07 Å². The second kappa shape index (κ2) is 8.07. The van der Waals surface area contributed by atoms with Gasteiger partial charge in [0.1, 0.15) is 11.5 Å². The van der Waals surface area contributed by atoms with Gasteiger partial charge in [0.05, 0.1) is 31.7 Å². The fourth-order valence-electron chi connectivity index (χ4n) is 2.94. The highest BCUT2D eigenvalue weighted by Gasteiger charge is 2.24. The number of aryl methyl sites for hydroxylation is 1. The minimum absolute atomic E-state index is 0.0700. The molecule has 25 heavy (non-hydrogen) atoms. The van der Waals surface area contributed by atoms with Gasteiger partial charge >= 0.3 is 6.03 Å². The molecule has 0 radical (unpaired) electrons.